The number of benzene rings is 2. The van der Waals surface area contributed by atoms with Crippen LogP contribution in [0.1, 0.15) is 11.1 Å². The summed E-state index contributed by atoms with van der Waals surface area (Å²) in [4.78, 5) is 21.0. The summed E-state index contributed by atoms with van der Waals surface area (Å²) in [5.41, 5.74) is 7.41. The molecule has 1 amide bonds. The molecule has 2 heterocycles. The summed E-state index contributed by atoms with van der Waals surface area (Å²) in [7, 11) is 0. The lowest BCUT2D eigenvalue weighted by molar-refractivity contribution is -0.137. The van der Waals surface area contributed by atoms with Crippen molar-refractivity contribution >= 4 is 33.5 Å². The molecule has 3 N–H and O–H groups in total. The van der Waals surface area contributed by atoms with Gasteiger partial charge in [0, 0.05) is 29.7 Å². The molecule has 2 aromatic heterocycles. The van der Waals surface area contributed by atoms with Gasteiger partial charge in [0.25, 0.3) is 0 Å². The van der Waals surface area contributed by atoms with Crippen LogP contribution < -0.4 is 10.6 Å². The van der Waals surface area contributed by atoms with E-state index in [1.165, 1.54) is 18.5 Å². The summed E-state index contributed by atoms with van der Waals surface area (Å²) >= 11 is 1.09. The van der Waals surface area contributed by atoms with Gasteiger partial charge >= 0.3 is 12.3 Å². The second-order valence-corrected chi connectivity index (χ2v) is 8.19. The number of alkyl halides is 3. The summed E-state index contributed by atoms with van der Waals surface area (Å²) in [6, 6.07) is 9.40. The van der Waals surface area contributed by atoms with Crippen LogP contribution in [0.3, 0.4) is 0 Å². The van der Waals surface area contributed by atoms with Gasteiger partial charge in [-0.05, 0) is 42.3 Å². The zero-order valence-corrected chi connectivity index (χ0v) is 17.7. The standard InChI is InChI=1S/C21H17F3N6O2S/c22-21(23,24)15-4-1-12(2-5-15)7-16(25)10-30(20(31)32)19-29-28-18(33-19)13-3-6-17-14(8-13)9-26-11-27-17/h1-6,8-9,11,16H,7,10,25H2,(H,31,32)/t16-/m1/s1. The number of aromatic nitrogens is 4. The predicted octanol–water partition coefficient (Wildman–Crippen LogP) is 4.22. The Morgan fingerprint density at radius 2 is 1.91 bits per heavy atom. The molecule has 0 saturated heterocycles. The van der Waals surface area contributed by atoms with Gasteiger partial charge in [-0.2, -0.15) is 13.2 Å². The van der Waals surface area contributed by atoms with Gasteiger partial charge in [-0.15, -0.1) is 10.2 Å². The lowest BCUT2D eigenvalue weighted by Gasteiger charge is -2.20. The summed E-state index contributed by atoms with van der Waals surface area (Å²) in [6.45, 7) is -0.101. The van der Waals surface area contributed by atoms with Crippen molar-refractivity contribution in [2.75, 3.05) is 11.4 Å². The van der Waals surface area contributed by atoms with Crippen LogP contribution in [-0.2, 0) is 12.6 Å². The summed E-state index contributed by atoms with van der Waals surface area (Å²) in [5.74, 6) is 0. The van der Waals surface area contributed by atoms with Crippen LogP contribution in [0.2, 0.25) is 0 Å². The third-order valence-electron chi connectivity index (χ3n) is 4.82. The fourth-order valence-corrected chi connectivity index (χ4v) is 4.07. The Hall–Kier alpha value is -3.64. The van der Waals surface area contributed by atoms with Crippen LogP contribution >= 0.6 is 11.3 Å². The molecular formula is C21H17F3N6O2S. The zero-order valence-electron chi connectivity index (χ0n) is 16.9. The third-order valence-corrected chi connectivity index (χ3v) is 5.82. The molecule has 0 unspecified atom stereocenters. The molecule has 170 valence electrons. The summed E-state index contributed by atoms with van der Waals surface area (Å²) in [6.07, 6.45) is -2.37. The maximum atomic E-state index is 12.7. The van der Waals surface area contributed by atoms with Gasteiger partial charge in [-0.3, -0.25) is 4.90 Å². The van der Waals surface area contributed by atoms with Gasteiger partial charge in [0.1, 0.15) is 11.3 Å². The average molecular weight is 474 g/mol. The molecule has 2 aromatic carbocycles. The van der Waals surface area contributed by atoms with Gasteiger partial charge in [-0.1, -0.05) is 23.5 Å². The molecule has 0 aliphatic carbocycles. The van der Waals surface area contributed by atoms with Crippen LogP contribution in [-0.4, -0.2) is 44.0 Å². The van der Waals surface area contributed by atoms with E-state index < -0.39 is 23.9 Å². The monoisotopic (exact) mass is 474 g/mol. The zero-order chi connectivity index (χ0) is 23.6. The van der Waals surface area contributed by atoms with Crippen molar-refractivity contribution in [3.63, 3.8) is 0 Å². The molecule has 8 nitrogen and oxygen atoms in total. The number of rotatable bonds is 6. The molecule has 33 heavy (non-hydrogen) atoms. The van der Waals surface area contributed by atoms with E-state index in [0.717, 1.165) is 44.8 Å². The van der Waals surface area contributed by atoms with Gasteiger partial charge in [0.05, 0.1) is 11.1 Å². The van der Waals surface area contributed by atoms with Crippen LogP contribution in [0.5, 0.6) is 0 Å². The van der Waals surface area contributed by atoms with Crippen LogP contribution in [0, 0.1) is 0 Å². The van der Waals surface area contributed by atoms with Gasteiger partial charge < -0.3 is 10.8 Å². The van der Waals surface area contributed by atoms with Crippen LogP contribution in [0.4, 0.5) is 23.1 Å². The highest BCUT2D eigenvalue weighted by Gasteiger charge is 2.30. The molecule has 4 rings (SSSR count). The maximum absolute atomic E-state index is 12.7. The van der Waals surface area contributed by atoms with Crippen molar-refractivity contribution in [3.05, 3.63) is 66.1 Å². The first-order valence-corrected chi connectivity index (χ1v) is 10.5. The molecule has 0 bridgehead atoms. The first-order valence-electron chi connectivity index (χ1n) is 9.66. The van der Waals surface area contributed by atoms with E-state index in [-0.39, 0.29) is 18.1 Å². The Balaban J connectivity index is 1.48. The second kappa shape index (κ2) is 9.08. The minimum Gasteiger partial charge on any atom is -0.465 e. The van der Waals surface area contributed by atoms with Gasteiger partial charge in [-0.25, -0.2) is 14.8 Å². The number of anilines is 1. The quantitative estimate of drug-likeness (QED) is 0.430. The van der Waals surface area contributed by atoms with Crippen molar-refractivity contribution in [2.24, 2.45) is 5.73 Å². The lowest BCUT2D eigenvalue weighted by Crippen LogP contribution is -2.41. The van der Waals surface area contributed by atoms with Crippen molar-refractivity contribution in [2.45, 2.75) is 18.6 Å². The molecule has 0 radical (unpaired) electrons. The van der Waals surface area contributed by atoms with E-state index in [2.05, 4.69) is 20.2 Å². The highest BCUT2D eigenvalue weighted by molar-refractivity contribution is 7.18. The summed E-state index contributed by atoms with van der Waals surface area (Å²) < 4.78 is 38.2. The fraction of sp³-hybridized carbons (Fsp3) is 0.190. The van der Waals surface area contributed by atoms with Crippen LogP contribution in [0.25, 0.3) is 21.5 Å². The van der Waals surface area contributed by atoms with E-state index >= 15 is 0 Å². The Morgan fingerprint density at radius 1 is 1.15 bits per heavy atom. The third kappa shape index (κ3) is 5.23. The molecule has 0 fully saturated rings. The first-order chi connectivity index (χ1) is 15.7. The number of amides is 1. The normalized spacial score (nSPS) is 12.6. The largest absolute Gasteiger partial charge is 0.465 e. The van der Waals surface area contributed by atoms with Crippen molar-refractivity contribution in [1.29, 1.82) is 0 Å². The minimum atomic E-state index is -4.42. The predicted molar refractivity (Wildman–Crippen MR) is 117 cm³/mol. The molecule has 0 spiro atoms. The number of halogens is 3. The topological polar surface area (TPSA) is 118 Å². The fourth-order valence-electron chi connectivity index (χ4n) is 3.23. The number of hydrogen-bond acceptors (Lipinski definition) is 7. The molecule has 12 heteroatoms. The molecule has 4 aromatic rings. The Kier molecular flexibility index (Phi) is 6.20. The first kappa shape index (κ1) is 22.6. The number of carboxylic acid groups (broad SMARTS) is 1. The van der Waals surface area contributed by atoms with E-state index in [9.17, 15) is 23.1 Å². The average Bonchev–Trinajstić information content (AvgIpc) is 3.26. The Bertz CT molecular complexity index is 1280. The molecular weight excluding hydrogens is 457 g/mol. The van der Waals surface area contributed by atoms with E-state index in [0.29, 0.717) is 10.6 Å². The van der Waals surface area contributed by atoms with E-state index in [1.807, 2.05) is 12.1 Å². The van der Waals surface area contributed by atoms with Crippen molar-refractivity contribution in [3.8, 4) is 10.6 Å². The van der Waals surface area contributed by atoms with Crippen LogP contribution in [0.15, 0.2) is 55.0 Å². The van der Waals surface area contributed by atoms with Crippen molar-refractivity contribution in [1.82, 2.24) is 20.2 Å². The second-order valence-electron chi connectivity index (χ2n) is 7.24. The van der Waals surface area contributed by atoms with Crippen molar-refractivity contribution < 1.29 is 23.1 Å². The van der Waals surface area contributed by atoms with E-state index in [4.69, 9.17) is 5.73 Å². The highest BCUT2D eigenvalue weighted by atomic mass is 32.1. The SMILES string of the molecule is N[C@H](Cc1ccc(C(F)(F)F)cc1)CN(C(=O)O)c1nnc(-c2ccc3ncncc3c2)s1. The highest BCUT2D eigenvalue weighted by Crippen LogP contribution is 2.31. The molecule has 1 atom stereocenters. The lowest BCUT2D eigenvalue weighted by atomic mass is 10.0. The van der Waals surface area contributed by atoms with Gasteiger partial charge in [0.2, 0.25) is 5.13 Å². The molecule has 0 saturated carbocycles. The number of carbonyl (C=O) groups is 1. The molecule has 0 aliphatic rings. The maximum Gasteiger partial charge on any atom is 0.416 e. The Morgan fingerprint density at radius 3 is 2.61 bits per heavy atom. The molecule has 0 aliphatic heterocycles. The number of fused-ring (bicyclic) bond motifs is 1. The summed E-state index contributed by atoms with van der Waals surface area (Å²) in [5, 5.41) is 19.2. The number of nitrogens with two attached hydrogens (primary N) is 1. The smallest absolute Gasteiger partial charge is 0.416 e. The minimum absolute atomic E-state index is 0.101. The number of nitrogens with zero attached hydrogens (tertiary/aromatic N) is 5. The van der Waals surface area contributed by atoms with Gasteiger partial charge in [0.15, 0.2) is 0 Å². The van der Waals surface area contributed by atoms with E-state index in [1.54, 1.807) is 12.3 Å². The Labute approximate surface area is 189 Å². The number of hydrogen-bond donors (Lipinski definition) is 2.